The summed E-state index contributed by atoms with van der Waals surface area (Å²) in [7, 11) is 0. The molecule has 2 aromatic rings. The molecule has 0 aliphatic carbocycles. The monoisotopic (exact) mass is 436 g/mol. The van der Waals surface area contributed by atoms with Crippen molar-refractivity contribution in [3.63, 3.8) is 0 Å². The van der Waals surface area contributed by atoms with Gasteiger partial charge in [-0.05, 0) is 57.1 Å². The Hall–Kier alpha value is -2.46. The van der Waals surface area contributed by atoms with Crippen LogP contribution in [0.1, 0.15) is 71.1 Å². The Kier molecular flexibility index (Phi) is 13.0. The van der Waals surface area contributed by atoms with Crippen molar-refractivity contribution in [2.24, 2.45) is 0 Å². The van der Waals surface area contributed by atoms with Crippen LogP contribution in [0.3, 0.4) is 0 Å². The minimum atomic E-state index is 0.0370. The van der Waals surface area contributed by atoms with E-state index in [-0.39, 0.29) is 5.91 Å². The number of thiazole rings is 1. The van der Waals surface area contributed by atoms with Gasteiger partial charge in [0.25, 0.3) is 0 Å². The summed E-state index contributed by atoms with van der Waals surface area (Å²) in [6.07, 6.45) is 28.2. The molecule has 0 bridgehead atoms. The van der Waals surface area contributed by atoms with Crippen LogP contribution in [0.15, 0.2) is 72.9 Å². The van der Waals surface area contributed by atoms with Gasteiger partial charge in [0.2, 0.25) is 5.91 Å². The number of aromatic nitrogens is 1. The second-order valence-corrected chi connectivity index (χ2v) is 8.55. The van der Waals surface area contributed by atoms with Gasteiger partial charge >= 0.3 is 0 Å². The van der Waals surface area contributed by atoms with Crippen LogP contribution in [0.25, 0.3) is 10.2 Å². The molecule has 2 rings (SSSR count). The number of anilines is 1. The molecule has 0 aliphatic rings. The summed E-state index contributed by atoms with van der Waals surface area (Å²) in [5, 5.41) is 3.59. The van der Waals surface area contributed by atoms with Gasteiger partial charge in [0, 0.05) is 6.42 Å². The van der Waals surface area contributed by atoms with Crippen LogP contribution in [-0.2, 0) is 4.79 Å². The van der Waals surface area contributed by atoms with Gasteiger partial charge in [0.05, 0.1) is 10.2 Å². The van der Waals surface area contributed by atoms with Crippen LogP contribution in [0, 0.1) is 0 Å². The summed E-state index contributed by atoms with van der Waals surface area (Å²) < 4.78 is 1.10. The van der Waals surface area contributed by atoms with E-state index in [0.29, 0.717) is 11.6 Å². The molecule has 0 fully saturated rings. The fraction of sp³-hybridized carbons (Fsp3) is 0.407. The highest BCUT2D eigenvalue weighted by Gasteiger charge is 2.06. The Morgan fingerprint density at radius 1 is 0.871 bits per heavy atom. The molecule has 0 radical (unpaired) electrons. The SMILES string of the molecule is CCCCCC=CCC=CCC=CCC=CCCCC(=O)Nc1nc2ccccc2s1. The molecule has 0 spiro atoms. The number of hydrogen-bond acceptors (Lipinski definition) is 3. The fourth-order valence-electron chi connectivity index (χ4n) is 3.05. The molecule has 0 atom stereocenters. The predicted octanol–water partition coefficient (Wildman–Crippen LogP) is 8.38. The maximum Gasteiger partial charge on any atom is 0.226 e. The summed E-state index contributed by atoms with van der Waals surface area (Å²) in [6.45, 7) is 2.24. The number of benzene rings is 1. The standard InChI is InChI=1S/C27H36N2OS/c1-2-3-4-5-6-7-8-9-10-11-12-13-14-15-16-17-18-23-26(30)29-27-28-24-21-19-20-22-25(24)31-27/h6-7,9-10,12-13,15-16,19-22H,2-5,8,11,14,17-18,23H2,1H3,(H,28,29,30). The van der Waals surface area contributed by atoms with E-state index >= 15 is 0 Å². The number of fused-ring (bicyclic) bond motifs is 1. The van der Waals surface area contributed by atoms with Crippen LogP contribution in [0.4, 0.5) is 5.13 Å². The number of carbonyl (C=O) groups excluding carboxylic acids is 1. The van der Waals surface area contributed by atoms with Crippen LogP contribution in [0.2, 0.25) is 0 Å². The number of amides is 1. The summed E-state index contributed by atoms with van der Waals surface area (Å²) >= 11 is 1.52. The zero-order chi connectivity index (χ0) is 22.0. The zero-order valence-corrected chi connectivity index (χ0v) is 19.6. The summed E-state index contributed by atoms with van der Waals surface area (Å²) in [5.74, 6) is 0.0370. The number of unbranched alkanes of at least 4 members (excludes halogenated alkanes) is 4. The molecule has 0 unspecified atom stereocenters. The van der Waals surface area contributed by atoms with Gasteiger partial charge in [-0.25, -0.2) is 4.98 Å². The van der Waals surface area contributed by atoms with Crippen LogP contribution < -0.4 is 5.32 Å². The van der Waals surface area contributed by atoms with E-state index in [9.17, 15) is 4.79 Å². The molecule has 166 valence electrons. The molecule has 0 saturated heterocycles. The van der Waals surface area contributed by atoms with Crippen molar-refractivity contribution in [3.05, 3.63) is 72.9 Å². The van der Waals surface area contributed by atoms with Crippen molar-refractivity contribution >= 4 is 32.6 Å². The molecule has 1 N–H and O–H groups in total. The Labute approximate surface area is 191 Å². The number of nitrogens with one attached hydrogen (secondary N) is 1. The topological polar surface area (TPSA) is 42.0 Å². The molecule has 1 aromatic heterocycles. The van der Waals surface area contributed by atoms with Crippen molar-refractivity contribution in [1.29, 1.82) is 0 Å². The third-order valence-corrected chi connectivity index (χ3v) is 5.72. The minimum Gasteiger partial charge on any atom is -0.302 e. The number of para-hydroxylation sites is 1. The summed E-state index contributed by atoms with van der Waals surface area (Å²) in [4.78, 5) is 16.5. The fourth-order valence-corrected chi connectivity index (χ4v) is 3.93. The zero-order valence-electron chi connectivity index (χ0n) is 18.8. The maximum atomic E-state index is 12.1. The molecular formula is C27H36N2OS. The van der Waals surface area contributed by atoms with Crippen LogP contribution >= 0.6 is 11.3 Å². The first-order valence-electron chi connectivity index (χ1n) is 11.5. The largest absolute Gasteiger partial charge is 0.302 e. The number of rotatable bonds is 15. The quantitative estimate of drug-likeness (QED) is 0.225. The van der Waals surface area contributed by atoms with Crippen molar-refractivity contribution in [2.45, 2.75) is 71.1 Å². The molecule has 4 heteroatoms. The minimum absolute atomic E-state index is 0.0370. The average Bonchev–Trinajstić information content (AvgIpc) is 3.18. The Morgan fingerprint density at radius 3 is 2.13 bits per heavy atom. The predicted molar refractivity (Wildman–Crippen MR) is 137 cm³/mol. The molecule has 1 heterocycles. The second kappa shape index (κ2) is 16.3. The van der Waals surface area contributed by atoms with Crippen molar-refractivity contribution in [1.82, 2.24) is 4.98 Å². The van der Waals surface area contributed by atoms with Gasteiger partial charge in [0.15, 0.2) is 5.13 Å². The molecule has 31 heavy (non-hydrogen) atoms. The van der Waals surface area contributed by atoms with Gasteiger partial charge < -0.3 is 5.32 Å². The van der Waals surface area contributed by atoms with E-state index in [2.05, 4.69) is 65.8 Å². The lowest BCUT2D eigenvalue weighted by atomic mass is 10.2. The van der Waals surface area contributed by atoms with Gasteiger partial charge in [-0.15, -0.1) is 0 Å². The summed E-state index contributed by atoms with van der Waals surface area (Å²) in [5.41, 5.74) is 0.934. The van der Waals surface area contributed by atoms with Gasteiger partial charge in [-0.3, -0.25) is 4.79 Å². The number of nitrogens with zero attached hydrogens (tertiary/aromatic N) is 1. The van der Waals surface area contributed by atoms with Crippen LogP contribution in [-0.4, -0.2) is 10.9 Å². The third-order valence-electron chi connectivity index (χ3n) is 4.77. The highest BCUT2D eigenvalue weighted by atomic mass is 32.1. The van der Waals surface area contributed by atoms with E-state index in [1.807, 2.05) is 24.3 Å². The van der Waals surface area contributed by atoms with Gasteiger partial charge in [0.1, 0.15) is 0 Å². The number of carbonyl (C=O) groups is 1. The Bertz CT molecular complexity index is 843. The number of hydrogen-bond donors (Lipinski definition) is 1. The molecule has 3 nitrogen and oxygen atoms in total. The Morgan fingerprint density at radius 2 is 1.48 bits per heavy atom. The third kappa shape index (κ3) is 11.5. The smallest absolute Gasteiger partial charge is 0.226 e. The first-order valence-corrected chi connectivity index (χ1v) is 12.4. The highest BCUT2D eigenvalue weighted by molar-refractivity contribution is 7.22. The molecule has 1 aromatic carbocycles. The van der Waals surface area contributed by atoms with Crippen molar-refractivity contribution in [2.75, 3.05) is 5.32 Å². The second-order valence-electron chi connectivity index (χ2n) is 7.52. The first-order chi connectivity index (χ1) is 15.3. The molecule has 1 amide bonds. The lowest BCUT2D eigenvalue weighted by molar-refractivity contribution is -0.116. The normalized spacial score (nSPS) is 12.3. The molecule has 0 saturated carbocycles. The molecular weight excluding hydrogens is 400 g/mol. The van der Waals surface area contributed by atoms with E-state index in [1.54, 1.807) is 0 Å². The Balaban J connectivity index is 1.46. The van der Waals surface area contributed by atoms with Gasteiger partial charge in [-0.2, -0.15) is 0 Å². The van der Waals surface area contributed by atoms with E-state index in [4.69, 9.17) is 0 Å². The molecule has 0 aliphatic heterocycles. The van der Waals surface area contributed by atoms with Crippen LogP contribution in [0.5, 0.6) is 0 Å². The first kappa shape index (κ1) is 24.8. The number of allylic oxidation sites excluding steroid dienone is 8. The highest BCUT2D eigenvalue weighted by Crippen LogP contribution is 2.25. The van der Waals surface area contributed by atoms with Gasteiger partial charge in [-0.1, -0.05) is 91.8 Å². The van der Waals surface area contributed by atoms with E-state index in [0.717, 1.165) is 42.3 Å². The van der Waals surface area contributed by atoms with Crippen molar-refractivity contribution in [3.8, 4) is 0 Å². The van der Waals surface area contributed by atoms with E-state index < -0.39 is 0 Å². The lowest BCUT2D eigenvalue weighted by Gasteiger charge is -1.99. The van der Waals surface area contributed by atoms with Crippen molar-refractivity contribution < 1.29 is 4.79 Å². The maximum absolute atomic E-state index is 12.1. The lowest BCUT2D eigenvalue weighted by Crippen LogP contribution is -2.10. The van der Waals surface area contributed by atoms with E-state index in [1.165, 1.54) is 37.0 Å². The summed E-state index contributed by atoms with van der Waals surface area (Å²) in [6, 6.07) is 7.93. The average molecular weight is 437 g/mol.